The van der Waals surface area contributed by atoms with Crippen LogP contribution in [0.5, 0.6) is 0 Å². The van der Waals surface area contributed by atoms with Crippen molar-refractivity contribution in [1.82, 2.24) is 4.90 Å². The molecular weight excluding hydrogens is 448 g/mol. The summed E-state index contributed by atoms with van der Waals surface area (Å²) in [6.07, 6.45) is 3.41. The number of benzene rings is 1. The molecule has 0 saturated heterocycles. The average Bonchev–Trinajstić information content (AvgIpc) is 2.84. The highest BCUT2D eigenvalue weighted by atomic mass is 79.9. The van der Waals surface area contributed by atoms with Gasteiger partial charge in [-0.15, -0.1) is 0 Å². The van der Waals surface area contributed by atoms with Crippen molar-refractivity contribution in [3.8, 4) is 11.8 Å². The zero-order valence-electron chi connectivity index (χ0n) is 17.3. The largest absolute Gasteiger partial charge is 0.449 e. The predicted molar refractivity (Wildman–Crippen MR) is 122 cm³/mol. The standard InChI is InChI=1S/C22H27BrN4O3/c1-3-8-27(9-4-2)21(28)16-12-18-15(7-5-6-10-30-22(25)29)11-17(23)14-19(18)26-20(24)13-16/h11-12,14H,3-4,6,8-10,13H2,1-2H3,(H2,24,26)(H2,25,29). The number of aliphatic imine (C=N–C) groups is 1. The lowest BCUT2D eigenvalue weighted by Crippen LogP contribution is -2.34. The second-order valence-electron chi connectivity index (χ2n) is 6.85. The Balaban J connectivity index is 2.43. The minimum atomic E-state index is -0.826. The van der Waals surface area contributed by atoms with E-state index in [1.54, 1.807) is 0 Å². The van der Waals surface area contributed by atoms with Gasteiger partial charge >= 0.3 is 6.09 Å². The predicted octanol–water partition coefficient (Wildman–Crippen LogP) is 3.71. The molecule has 0 fully saturated rings. The first-order valence-electron chi connectivity index (χ1n) is 9.93. The number of nitrogens with zero attached hydrogens (tertiary/aromatic N) is 2. The number of hydrogen-bond acceptors (Lipinski definition) is 5. The molecule has 0 spiro atoms. The number of hydrogen-bond donors (Lipinski definition) is 2. The first-order chi connectivity index (χ1) is 14.3. The van der Waals surface area contributed by atoms with Crippen LogP contribution in [0.25, 0.3) is 6.08 Å². The van der Waals surface area contributed by atoms with E-state index in [9.17, 15) is 9.59 Å². The minimum absolute atomic E-state index is 0.0265. The molecule has 2 rings (SSSR count). The lowest BCUT2D eigenvalue weighted by Gasteiger charge is -2.22. The molecule has 0 radical (unpaired) electrons. The van der Waals surface area contributed by atoms with E-state index >= 15 is 0 Å². The second-order valence-corrected chi connectivity index (χ2v) is 7.76. The number of rotatable bonds is 7. The molecule has 0 atom stereocenters. The molecule has 0 aliphatic carbocycles. The van der Waals surface area contributed by atoms with Crippen LogP contribution in [0.2, 0.25) is 0 Å². The smallest absolute Gasteiger partial charge is 0.404 e. The number of carbonyl (C=O) groups excluding carboxylic acids is 2. The summed E-state index contributed by atoms with van der Waals surface area (Å²) in [7, 11) is 0. The maximum atomic E-state index is 13.2. The molecule has 0 saturated carbocycles. The van der Waals surface area contributed by atoms with E-state index in [1.807, 2.05) is 23.1 Å². The third-order valence-corrected chi connectivity index (χ3v) is 4.78. The van der Waals surface area contributed by atoms with Gasteiger partial charge in [0.2, 0.25) is 5.91 Å². The molecule has 1 heterocycles. The van der Waals surface area contributed by atoms with Crippen LogP contribution in [0.3, 0.4) is 0 Å². The minimum Gasteiger partial charge on any atom is -0.449 e. The summed E-state index contributed by atoms with van der Waals surface area (Å²) < 4.78 is 5.50. The zero-order valence-corrected chi connectivity index (χ0v) is 18.9. The Morgan fingerprint density at radius 2 is 1.97 bits per heavy atom. The number of carbonyl (C=O) groups is 2. The van der Waals surface area contributed by atoms with Crippen molar-refractivity contribution in [2.75, 3.05) is 19.7 Å². The van der Waals surface area contributed by atoms with Gasteiger partial charge in [-0.3, -0.25) is 4.79 Å². The molecule has 7 nitrogen and oxygen atoms in total. The van der Waals surface area contributed by atoms with Crippen molar-refractivity contribution in [1.29, 1.82) is 0 Å². The van der Waals surface area contributed by atoms with Gasteiger partial charge in [0.05, 0.1) is 5.69 Å². The second kappa shape index (κ2) is 11.4. The highest BCUT2D eigenvalue weighted by Gasteiger charge is 2.22. The lowest BCUT2D eigenvalue weighted by atomic mass is 10.0. The Morgan fingerprint density at radius 1 is 1.27 bits per heavy atom. The van der Waals surface area contributed by atoms with E-state index in [0.717, 1.165) is 22.9 Å². The average molecular weight is 475 g/mol. The summed E-state index contributed by atoms with van der Waals surface area (Å²) in [5.74, 6) is 6.40. The van der Waals surface area contributed by atoms with E-state index in [4.69, 9.17) is 16.2 Å². The van der Waals surface area contributed by atoms with Crippen molar-refractivity contribution in [3.05, 3.63) is 33.3 Å². The zero-order chi connectivity index (χ0) is 22.1. The third kappa shape index (κ3) is 6.63. The number of amidine groups is 1. The van der Waals surface area contributed by atoms with Crippen molar-refractivity contribution in [3.63, 3.8) is 0 Å². The van der Waals surface area contributed by atoms with Crippen LogP contribution in [0.15, 0.2) is 27.2 Å². The topological polar surface area (TPSA) is 111 Å². The van der Waals surface area contributed by atoms with Crippen molar-refractivity contribution < 1.29 is 14.3 Å². The monoisotopic (exact) mass is 474 g/mol. The van der Waals surface area contributed by atoms with E-state index < -0.39 is 6.09 Å². The van der Waals surface area contributed by atoms with Gasteiger partial charge in [-0.25, -0.2) is 9.79 Å². The fraction of sp³-hybridized carbons (Fsp3) is 0.409. The molecule has 0 unspecified atom stereocenters. The van der Waals surface area contributed by atoms with Gasteiger partial charge in [0.1, 0.15) is 12.4 Å². The Morgan fingerprint density at radius 3 is 2.60 bits per heavy atom. The summed E-state index contributed by atoms with van der Waals surface area (Å²) in [5.41, 5.74) is 13.8. The Kier molecular flexibility index (Phi) is 8.93. The molecule has 0 aromatic heterocycles. The molecule has 1 aromatic carbocycles. The SMILES string of the molecule is CCCN(CCC)C(=O)C1=Cc2c(C#CCCOC(N)=O)cc(Br)cc2N=C(N)C1. The Bertz CT molecular complexity index is 922. The number of amides is 2. The molecular formula is C22H27BrN4O3. The van der Waals surface area contributed by atoms with Gasteiger partial charge in [-0.1, -0.05) is 41.6 Å². The van der Waals surface area contributed by atoms with E-state index in [2.05, 4.69) is 46.6 Å². The molecule has 4 N–H and O–H groups in total. The summed E-state index contributed by atoms with van der Waals surface area (Å²) in [6, 6.07) is 3.72. The summed E-state index contributed by atoms with van der Waals surface area (Å²) in [4.78, 5) is 30.2. The van der Waals surface area contributed by atoms with Crippen LogP contribution < -0.4 is 11.5 Å². The van der Waals surface area contributed by atoms with Gasteiger partial charge in [-0.2, -0.15) is 0 Å². The molecule has 160 valence electrons. The van der Waals surface area contributed by atoms with Crippen molar-refractivity contribution in [2.45, 2.75) is 39.5 Å². The summed E-state index contributed by atoms with van der Waals surface area (Å²) in [5, 5.41) is 0. The summed E-state index contributed by atoms with van der Waals surface area (Å²) in [6.45, 7) is 5.61. The number of ether oxygens (including phenoxy) is 1. The number of nitrogens with two attached hydrogens (primary N) is 2. The van der Waals surface area contributed by atoms with Gasteiger partial charge in [-0.05, 0) is 31.1 Å². The Labute approximate surface area is 185 Å². The molecule has 2 amide bonds. The molecule has 1 aliphatic rings. The highest BCUT2D eigenvalue weighted by molar-refractivity contribution is 9.10. The van der Waals surface area contributed by atoms with E-state index in [-0.39, 0.29) is 18.9 Å². The van der Waals surface area contributed by atoms with Crippen LogP contribution in [-0.2, 0) is 9.53 Å². The van der Waals surface area contributed by atoms with Crippen LogP contribution in [0.1, 0.15) is 50.7 Å². The molecule has 1 aromatic rings. The Hall–Kier alpha value is -2.79. The lowest BCUT2D eigenvalue weighted by molar-refractivity contribution is -0.127. The molecule has 30 heavy (non-hydrogen) atoms. The first kappa shape index (κ1) is 23.5. The van der Waals surface area contributed by atoms with Crippen molar-refractivity contribution in [2.24, 2.45) is 16.5 Å². The number of fused-ring (bicyclic) bond motifs is 1. The maximum absolute atomic E-state index is 13.2. The number of halogens is 1. The molecule has 8 heteroatoms. The quantitative estimate of drug-likeness (QED) is 0.463. The van der Waals surface area contributed by atoms with Gasteiger partial charge in [0, 0.05) is 47.1 Å². The fourth-order valence-corrected chi connectivity index (χ4v) is 3.57. The van der Waals surface area contributed by atoms with Crippen LogP contribution in [0.4, 0.5) is 10.5 Å². The summed E-state index contributed by atoms with van der Waals surface area (Å²) >= 11 is 3.48. The van der Waals surface area contributed by atoms with Gasteiger partial charge < -0.3 is 21.1 Å². The van der Waals surface area contributed by atoms with Gasteiger partial charge in [0.15, 0.2) is 0 Å². The third-order valence-electron chi connectivity index (χ3n) is 4.32. The van der Waals surface area contributed by atoms with E-state index in [0.29, 0.717) is 42.2 Å². The first-order valence-corrected chi connectivity index (χ1v) is 10.7. The normalized spacial score (nSPS) is 12.5. The fourth-order valence-electron chi connectivity index (χ4n) is 3.12. The van der Waals surface area contributed by atoms with Crippen LogP contribution in [0, 0.1) is 11.8 Å². The van der Waals surface area contributed by atoms with E-state index in [1.165, 1.54) is 0 Å². The number of primary amides is 1. The van der Waals surface area contributed by atoms with Crippen LogP contribution >= 0.6 is 15.9 Å². The highest BCUT2D eigenvalue weighted by Crippen LogP contribution is 2.33. The van der Waals surface area contributed by atoms with Gasteiger partial charge in [0.25, 0.3) is 0 Å². The molecule has 1 aliphatic heterocycles. The maximum Gasteiger partial charge on any atom is 0.404 e. The van der Waals surface area contributed by atoms with Crippen LogP contribution in [-0.4, -0.2) is 42.4 Å². The molecule has 0 bridgehead atoms. The van der Waals surface area contributed by atoms with Crippen molar-refractivity contribution >= 4 is 45.5 Å².